The van der Waals surface area contributed by atoms with Crippen molar-refractivity contribution in [2.24, 2.45) is 0 Å². The predicted molar refractivity (Wildman–Crippen MR) is 146 cm³/mol. The molecule has 0 unspecified atom stereocenters. The number of nitrogens with zero attached hydrogens (tertiary/aromatic N) is 3. The van der Waals surface area contributed by atoms with Crippen LogP contribution in [0.15, 0.2) is 78.9 Å². The number of esters is 1. The van der Waals surface area contributed by atoms with Crippen molar-refractivity contribution in [3.8, 4) is 17.1 Å². The van der Waals surface area contributed by atoms with Gasteiger partial charge in [0.2, 0.25) is 5.88 Å². The van der Waals surface area contributed by atoms with Crippen molar-refractivity contribution in [1.82, 2.24) is 14.5 Å². The number of hydrogen-bond donors (Lipinski definition) is 0. The smallest absolute Gasteiger partial charge is 0.337 e. The van der Waals surface area contributed by atoms with Crippen molar-refractivity contribution in [3.63, 3.8) is 0 Å². The normalized spacial score (nSPS) is 11.1. The molecule has 0 atom stereocenters. The van der Waals surface area contributed by atoms with Gasteiger partial charge in [0.15, 0.2) is 0 Å². The fourth-order valence-electron chi connectivity index (χ4n) is 4.43. The van der Waals surface area contributed by atoms with Gasteiger partial charge in [-0.15, -0.1) is 0 Å². The third kappa shape index (κ3) is 5.84. The molecule has 3 aromatic carbocycles. The van der Waals surface area contributed by atoms with Crippen LogP contribution in [0.3, 0.4) is 0 Å². The predicted octanol–water partition coefficient (Wildman–Crippen LogP) is 5.98. The second-order valence-corrected chi connectivity index (χ2v) is 9.09. The molecule has 0 saturated heterocycles. The Kier molecular flexibility index (Phi) is 8.12. The Labute approximate surface area is 230 Å². The Balaban J connectivity index is 1.38. The molecule has 5 aromatic rings. The van der Waals surface area contributed by atoms with Crippen LogP contribution in [-0.2, 0) is 29.0 Å². The van der Waals surface area contributed by atoms with Gasteiger partial charge in [0.25, 0.3) is 0 Å². The standard InChI is InChI=1S/C31H27F2N3O4/c1-38-15-14-36-28-17-22(31(37)39-2)12-13-27(28)34-29(36)18-20-10-11-21(16-25(20)33)26-8-5-9-30(35-26)40-19-23-6-3-4-7-24(23)32/h3-13,16-17H,14-15,18-19H2,1-2H3. The minimum absolute atomic E-state index is 0.0294. The maximum absolute atomic E-state index is 15.4. The number of halogens is 2. The molecule has 0 aliphatic rings. The molecular formula is C31H27F2N3O4. The first-order chi connectivity index (χ1) is 19.5. The molecule has 0 amide bonds. The lowest BCUT2D eigenvalue weighted by Crippen LogP contribution is -2.10. The largest absolute Gasteiger partial charge is 0.473 e. The Morgan fingerprint density at radius 3 is 2.50 bits per heavy atom. The maximum atomic E-state index is 15.4. The number of carbonyl (C=O) groups is 1. The number of hydrogen-bond acceptors (Lipinski definition) is 6. The molecule has 0 fully saturated rings. The van der Waals surface area contributed by atoms with Crippen LogP contribution in [0.25, 0.3) is 22.3 Å². The van der Waals surface area contributed by atoms with Crippen molar-refractivity contribution in [2.45, 2.75) is 19.6 Å². The van der Waals surface area contributed by atoms with Crippen molar-refractivity contribution < 1.29 is 27.8 Å². The fourth-order valence-corrected chi connectivity index (χ4v) is 4.43. The van der Waals surface area contributed by atoms with E-state index in [1.54, 1.807) is 73.8 Å². The van der Waals surface area contributed by atoms with Gasteiger partial charge in [-0.2, -0.15) is 0 Å². The molecule has 204 valence electrons. The van der Waals surface area contributed by atoms with Crippen molar-refractivity contribution in [3.05, 3.63) is 113 Å². The van der Waals surface area contributed by atoms with Crippen molar-refractivity contribution in [1.29, 1.82) is 0 Å². The molecule has 9 heteroatoms. The summed E-state index contributed by atoms with van der Waals surface area (Å²) in [6.45, 7) is 0.932. The highest BCUT2D eigenvalue weighted by Gasteiger charge is 2.17. The zero-order valence-corrected chi connectivity index (χ0v) is 22.1. The van der Waals surface area contributed by atoms with Crippen molar-refractivity contribution >= 4 is 17.0 Å². The van der Waals surface area contributed by atoms with Crippen LogP contribution in [0, 0.1) is 11.6 Å². The molecule has 0 spiro atoms. The molecule has 2 heterocycles. The van der Waals surface area contributed by atoms with Gasteiger partial charge in [-0.3, -0.25) is 0 Å². The van der Waals surface area contributed by atoms with E-state index in [9.17, 15) is 9.18 Å². The molecule has 7 nitrogen and oxygen atoms in total. The zero-order valence-electron chi connectivity index (χ0n) is 22.1. The summed E-state index contributed by atoms with van der Waals surface area (Å²) in [6, 6.07) is 21.6. The average Bonchev–Trinajstić information content (AvgIpc) is 3.32. The number of aromatic nitrogens is 3. The molecule has 0 bridgehead atoms. The summed E-state index contributed by atoms with van der Waals surface area (Å²) in [4.78, 5) is 21.2. The molecule has 0 saturated carbocycles. The molecular weight excluding hydrogens is 516 g/mol. The number of ether oxygens (including phenoxy) is 3. The van der Waals surface area contributed by atoms with E-state index in [2.05, 4.69) is 4.98 Å². The Bertz CT molecular complexity index is 1670. The number of carbonyl (C=O) groups excluding carboxylic acids is 1. The second-order valence-electron chi connectivity index (χ2n) is 9.09. The van der Waals surface area contributed by atoms with Gasteiger partial charge in [-0.25, -0.2) is 23.5 Å². The number of imidazole rings is 1. The van der Waals surface area contributed by atoms with E-state index in [1.165, 1.54) is 19.2 Å². The molecule has 0 aliphatic heterocycles. The van der Waals surface area contributed by atoms with Crippen LogP contribution < -0.4 is 4.74 Å². The summed E-state index contributed by atoms with van der Waals surface area (Å²) >= 11 is 0. The van der Waals surface area contributed by atoms with Gasteiger partial charge in [0.1, 0.15) is 24.1 Å². The zero-order chi connectivity index (χ0) is 28.1. The molecule has 40 heavy (non-hydrogen) atoms. The SMILES string of the molecule is COCCn1c(Cc2ccc(-c3cccc(OCc4ccccc4F)n3)cc2F)nc2ccc(C(=O)OC)cc21. The summed E-state index contributed by atoms with van der Waals surface area (Å²) in [6.07, 6.45) is 0.233. The van der Waals surface area contributed by atoms with E-state index in [4.69, 9.17) is 19.2 Å². The first-order valence-electron chi connectivity index (χ1n) is 12.7. The van der Waals surface area contributed by atoms with E-state index >= 15 is 4.39 Å². The summed E-state index contributed by atoms with van der Waals surface area (Å²) in [5.74, 6) is -0.251. The molecule has 0 aliphatic carbocycles. The number of rotatable bonds is 10. The number of pyridine rings is 1. The topological polar surface area (TPSA) is 75.5 Å². The summed E-state index contributed by atoms with van der Waals surface area (Å²) in [7, 11) is 2.93. The minimum Gasteiger partial charge on any atom is -0.473 e. The van der Waals surface area contributed by atoms with E-state index in [-0.39, 0.29) is 18.8 Å². The third-order valence-corrected chi connectivity index (χ3v) is 6.52. The molecule has 5 rings (SSSR count). The molecule has 0 N–H and O–H groups in total. The van der Waals surface area contributed by atoms with Gasteiger partial charge in [0, 0.05) is 37.3 Å². The van der Waals surface area contributed by atoms with Crippen LogP contribution in [0.1, 0.15) is 27.3 Å². The van der Waals surface area contributed by atoms with Crippen LogP contribution in [0.4, 0.5) is 8.78 Å². The van der Waals surface area contributed by atoms with E-state index < -0.39 is 11.8 Å². The van der Waals surface area contributed by atoms with Gasteiger partial charge >= 0.3 is 5.97 Å². The quantitative estimate of drug-likeness (QED) is 0.202. The number of fused-ring (bicyclic) bond motifs is 1. The van der Waals surface area contributed by atoms with Crippen LogP contribution in [0.5, 0.6) is 5.88 Å². The molecule has 2 aromatic heterocycles. The van der Waals surface area contributed by atoms with Gasteiger partial charge in [-0.05, 0) is 42.0 Å². The monoisotopic (exact) mass is 543 g/mol. The lowest BCUT2D eigenvalue weighted by Gasteiger charge is -2.11. The third-order valence-electron chi connectivity index (χ3n) is 6.52. The van der Waals surface area contributed by atoms with Crippen LogP contribution >= 0.6 is 0 Å². The first-order valence-corrected chi connectivity index (χ1v) is 12.7. The highest BCUT2D eigenvalue weighted by atomic mass is 19.1. The van der Waals surface area contributed by atoms with Gasteiger partial charge < -0.3 is 18.8 Å². The lowest BCUT2D eigenvalue weighted by atomic mass is 10.1. The van der Waals surface area contributed by atoms with E-state index in [0.29, 0.717) is 58.3 Å². The number of methoxy groups -OCH3 is 2. The highest BCUT2D eigenvalue weighted by Crippen LogP contribution is 2.26. The summed E-state index contributed by atoms with van der Waals surface area (Å²) in [5.41, 5.74) is 3.81. The van der Waals surface area contributed by atoms with Crippen molar-refractivity contribution in [2.75, 3.05) is 20.8 Å². The highest BCUT2D eigenvalue weighted by molar-refractivity contribution is 5.93. The summed E-state index contributed by atoms with van der Waals surface area (Å²) < 4.78 is 47.0. The van der Waals surface area contributed by atoms with Gasteiger partial charge in [0.05, 0.1) is 36.0 Å². The summed E-state index contributed by atoms with van der Waals surface area (Å²) in [5, 5.41) is 0. The first kappa shape index (κ1) is 27.0. The Morgan fingerprint density at radius 1 is 0.875 bits per heavy atom. The van der Waals surface area contributed by atoms with Crippen LogP contribution in [0.2, 0.25) is 0 Å². The lowest BCUT2D eigenvalue weighted by molar-refractivity contribution is 0.0601. The van der Waals surface area contributed by atoms with E-state index in [0.717, 1.165) is 5.52 Å². The average molecular weight is 544 g/mol. The Hall–Kier alpha value is -4.63. The minimum atomic E-state index is -0.445. The van der Waals surface area contributed by atoms with E-state index in [1.807, 2.05) is 4.57 Å². The Morgan fingerprint density at radius 2 is 1.73 bits per heavy atom. The second kappa shape index (κ2) is 12.0. The van der Waals surface area contributed by atoms with Crippen LogP contribution in [-0.4, -0.2) is 41.3 Å². The number of benzene rings is 3. The van der Waals surface area contributed by atoms with Gasteiger partial charge in [-0.1, -0.05) is 36.4 Å². The fraction of sp³-hybridized carbons (Fsp3) is 0.194. The molecule has 0 radical (unpaired) electrons. The maximum Gasteiger partial charge on any atom is 0.337 e.